The van der Waals surface area contributed by atoms with Crippen LogP contribution in [0.25, 0.3) is 11.0 Å². The molecule has 12 heavy (non-hydrogen) atoms. The summed E-state index contributed by atoms with van der Waals surface area (Å²) in [7, 11) is 0. The Kier molecular flexibility index (Phi) is 2.19. The maximum Gasteiger partial charge on any atom is 0.136 e. The summed E-state index contributed by atoms with van der Waals surface area (Å²) in [6, 6.07) is 3.72. The van der Waals surface area contributed by atoms with Crippen LogP contribution in [0.15, 0.2) is 31.8 Å². The zero-order valence-corrected chi connectivity index (χ0v) is 9.70. The molecule has 0 saturated heterocycles. The van der Waals surface area contributed by atoms with Crippen molar-refractivity contribution in [2.24, 2.45) is 0 Å². The summed E-state index contributed by atoms with van der Waals surface area (Å²) in [5, 5.41) is 1.66. The molecule has 62 valence electrons. The van der Waals surface area contributed by atoms with Crippen LogP contribution in [-0.4, -0.2) is 0 Å². The molecule has 1 heterocycles. The third-order valence-electron chi connectivity index (χ3n) is 1.59. The second-order valence-corrected chi connectivity index (χ2v) is 4.34. The number of halogens is 3. The lowest BCUT2D eigenvalue weighted by Gasteiger charge is -1.99. The van der Waals surface area contributed by atoms with E-state index in [0.717, 1.165) is 19.9 Å². The van der Waals surface area contributed by atoms with Gasteiger partial charge in [-0.05, 0) is 44.0 Å². The molecule has 1 nitrogen and oxygen atoms in total. The third kappa shape index (κ3) is 1.20. The molecule has 0 radical (unpaired) electrons. The Morgan fingerprint density at radius 3 is 2.83 bits per heavy atom. The van der Waals surface area contributed by atoms with Crippen LogP contribution in [0.1, 0.15) is 0 Å². The highest BCUT2D eigenvalue weighted by Gasteiger charge is 2.09. The van der Waals surface area contributed by atoms with Crippen LogP contribution in [-0.2, 0) is 0 Å². The third-order valence-corrected chi connectivity index (χ3v) is 3.89. The van der Waals surface area contributed by atoms with Gasteiger partial charge in [-0.2, -0.15) is 0 Å². The van der Waals surface area contributed by atoms with E-state index in [1.807, 2.05) is 12.1 Å². The van der Waals surface area contributed by atoms with E-state index in [4.69, 9.17) is 16.0 Å². The van der Waals surface area contributed by atoms with Crippen LogP contribution >= 0.6 is 43.5 Å². The Morgan fingerprint density at radius 1 is 1.33 bits per heavy atom. The zero-order valence-electron chi connectivity index (χ0n) is 5.77. The van der Waals surface area contributed by atoms with Gasteiger partial charge in [0.25, 0.3) is 0 Å². The minimum Gasteiger partial charge on any atom is -0.464 e. The van der Waals surface area contributed by atoms with E-state index in [9.17, 15) is 0 Å². The quantitative estimate of drug-likeness (QED) is 0.648. The van der Waals surface area contributed by atoms with Crippen LogP contribution in [0, 0.1) is 0 Å². The highest BCUT2D eigenvalue weighted by atomic mass is 79.9. The SMILES string of the molecule is Clc1c(Br)cc2occc2c1Br. The monoisotopic (exact) mass is 308 g/mol. The molecule has 0 aliphatic rings. The molecule has 1 aromatic carbocycles. The summed E-state index contributed by atoms with van der Waals surface area (Å²) in [6.07, 6.45) is 1.64. The van der Waals surface area contributed by atoms with Crippen molar-refractivity contribution in [3.63, 3.8) is 0 Å². The van der Waals surface area contributed by atoms with Gasteiger partial charge in [0.1, 0.15) is 5.58 Å². The molecule has 0 spiro atoms. The first kappa shape index (κ1) is 8.60. The fraction of sp³-hybridized carbons (Fsp3) is 0. The van der Waals surface area contributed by atoms with Crippen molar-refractivity contribution in [3.05, 3.63) is 32.4 Å². The van der Waals surface area contributed by atoms with Gasteiger partial charge in [0, 0.05) is 14.3 Å². The van der Waals surface area contributed by atoms with E-state index in [0.29, 0.717) is 5.02 Å². The highest BCUT2D eigenvalue weighted by molar-refractivity contribution is 9.11. The van der Waals surface area contributed by atoms with Crippen molar-refractivity contribution in [2.75, 3.05) is 0 Å². The van der Waals surface area contributed by atoms with Crippen LogP contribution in [0.3, 0.4) is 0 Å². The van der Waals surface area contributed by atoms with Crippen molar-refractivity contribution in [3.8, 4) is 0 Å². The van der Waals surface area contributed by atoms with Gasteiger partial charge in [-0.25, -0.2) is 0 Å². The Bertz CT molecular complexity index is 436. The first-order valence-corrected chi connectivity index (χ1v) is 5.17. The van der Waals surface area contributed by atoms with E-state index in [-0.39, 0.29) is 0 Å². The lowest BCUT2D eigenvalue weighted by molar-refractivity contribution is 0.615. The Labute approximate surface area is 90.9 Å². The van der Waals surface area contributed by atoms with E-state index in [1.54, 1.807) is 6.26 Å². The topological polar surface area (TPSA) is 13.1 Å². The van der Waals surface area contributed by atoms with E-state index in [1.165, 1.54) is 0 Å². The Hall–Kier alpha value is 0.01000. The molecular formula is C8H3Br2ClO. The average Bonchev–Trinajstić information content (AvgIpc) is 2.48. The summed E-state index contributed by atoms with van der Waals surface area (Å²) in [4.78, 5) is 0. The molecule has 4 heteroatoms. The van der Waals surface area contributed by atoms with Gasteiger partial charge in [0.2, 0.25) is 0 Å². The van der Waals surface area contributed by atoms with E-state index >= 15 is 0 Å². The van der Waals surface area contributed by atoms with Crippen molar-refractivity contribution < 1.29 is 4.42 Å². The lowest BCUT2D eigenvalue weighted by Crippen LogP contribution is -1.73. The normalized spacial score (nSPS) is 10.9. The minimum atomic E-state index is 0.670. The van der Waals surface area contributed by atoms with Gasteiger partial charge < -0.3 is 4.42 Å². The van der Waals surface area contributed by atoms with Crippen LogP contribution in [0.4, 0.5) is 0 Å². The molecule has 2 rings (SSSR count). The van der Waals surface area contributed by atoms with Crippen LogP contribution < -0.4 is 0 Å². The maximum atomic E-state index is 5.98. The number of benzene rings is 1. The van der Waals surface area contributed by atoms with Gasteiger partial charge in [-0.1, -0.05) is 11.6 Å². The molecule has 0 unspecified atom stereocenters. The Balaban J connectivity index is 2.94. The average molecular weight is 310 g/mol. The minimum absolute atomic E-state index is 0.670. The van der Waals surface area contributed by atoms with Crippen LogP contribution in [0.2, 0.25) is 5.02 Å². The van der Waals surface area contributed by atoms with Gasteiger partial charge in [-0.3, -0.25) is 0 Å². The molecule has 0 bridgehead atoms. The number of hydrogen-bond donors (Lipinski definition) is 0. The van der Waals surface area contributed by atoms with Crippen molar-refractivity contribution in [1.29, 1.82) is 0 Å². The number of hydrogen-bond acceptors (Lipinski definition) is 1. The molecule has 2 aromatic rings. The molecule has 0 N–H and O–H groups in total. The second-order valence-electron chi connectivity index (χ2n) is 2.32. The molecule has 1 aromatic heterocycles. The van der Waals surface area contributed by atoms with E-state index in [2.05, 4.69) is 31.9 Å². The summed E-state index contributed by atoms with van der Waals surface area (Å²) in [6.45, 7) is 0. The van der Waals surface area contributed by atoms with Gasteiger partial charge >= 0.3 is 0 Å². The summed E-state index contributed by atoms with van der Waals surface area (Å²) in [5.74, 6) is 0. The molecule has 0 aliphatic carbocycles. The molecule has 0 amide bonds. The fourth-order valence-corrected chi connectivity index (χ4v) is 2.39. The van der Waals surface area contributed by atoms with Gasteiger partial charge in [0.15, 0.2) is 0 Å². The zero-order chi connectivity index (χ0) is 8.72. The first-order valence-electron chi connectivity index (χ1n) is 3.21. The highest BCUT2D eigenvalue weighted by Crippen LogP contribution is 2.37. The summed E-state index contributed by atoms with van der Waals surface area (Å²) >= 11 is 12.7. The maximum absolute atomic E-state index is 5.98. The molecule has 0 saturated carbocycles. The molecule has 0 aliphatic heterocycles. The summed E-state index contributed by atoms with van der Waals surface area (Å²) < 4.78 is 6.91. The number of furan rings is 1. The lowest BCUT2D eigenvalue weighted by atomic mass is 10.3. The van der Waals surface area contributed by atoms with Crippen molar-refractivity contribution >= 4 is 54.4 Å². The predicted octanol–water partition coefficient (Wildman–Crippen LogP) is 4.61. The standard InChI is InChI=1S/C8H3Br2ClO/c9-5-3-6-4(1-2-12-6)7(10)8(5)11/h1-3H. The number of fused-ring (bicyclic) bond motifs is 1. The Morgan fingerprint density at radius 2 is 2.08 bits per heavy atom. The van der Waals surface area contributed by atoms with Gasteiger partial charge in [-0.15, -0.1) is 0 Å². The molecular weight excluding hydrogens is 307 g/mol. The van der Waals surface area contributed by atoms with Crippen LogP contribution in [0.5, 0.6) is 0 Å². The van der Waals surface area contributed by atoms with Crippen molar-refractivity contribution in [1.82, 2.24) is 0 Å². The van der Waals surface area contributed by atoms with Gasteiger partial charge in [0.05, 0.1) is 11.3 Å². The first-order chi connectivity index (χ1) is 5.70. The fourth-order valence-electron chi connectivity index (χ4n) is 1.02. The smallest absolute Gasteiger partial charge is 0.136 e. The second kappa shape index (κ2) is 3.05. The largest absolute Gasteiger partial charge is 0.464 e. The summed E-state index contributed by atoms with van der Waals surface area (Å²) in [5.41, 5.74) is 0.818. The van der Waals surface area contributed by atoms with Crippen molar-refractivity contribution in [2.45, 2.75) is 0 Å². The predicted molar refractivity (Wildman–Crippen MR) is 56.6 cm³/mol. The van der Waals surface area contributed by atoms with E-state index < -0.39 is 0 Å². The molecule has 0 fully saturated rings. The molecule has 0 atom stereocenters. The number of rotatable bonds is 0.